The summed E-state index contributed by atoms with van der Waals surface area (Å²) in [6.45, 7) is 0.919. The molecule has 2 N–H and O–H groups in total. The van der Waals surface area contributed by atoms with Gasteiger partial charge in [-0.25, -0.2) is 0 Å². The van der Waals surface area contributed by atoms with Crippen molar-refractivity contribution in [2.45, 2.75) is 56.6 Å². The molecule has 88 valence electrons. The lowest BCUT2D eigenvalue weighted by molar-refractivity contribution is 0.377. The Hall–Kier alpha value is 0.310. The fourth-order valence-corrected chi connectivity index (χ4v) is 4.80. The van der Waals surface area contributed by atoms with Gasteiger partial charge in [0.15, 0.2) is 0 Å². The van der Waals surface area contributed by atoms with Crippen LogP contribution < -0.4 is 5.73 Å². The third-order valence-corrected chi connectivity index (χ3v) is 5.88. The topological polar surface area (TPSA) is 26.0 Å². The smallest absolute Gasteiger partial charge is 0.00874 e. The van der Waals surface area contributed by atoms with Crippen molar-refractivity contribution < 1.29 is 0 Å². The van der Waals surface area contributed by atoms with Gasteiger partial charge in [0.2, 0.25) is 0 Å². The second-order valence-corrected chi connectivity index (χ2v) is 6.57. The monoisotopic (exact) mass is 227 g/mol. The summed E-state index contributed by atoms with van der Waals surface area (Å²) < 4.78 is 0. The summed E-state index contributed by atoms with van der Waals surface area (Å²) in [5.41, 5.74) is 5.86. The lowest BCUT2D eigenvalue weighted by Crippen LogP contribution is -2.29. The van der Waals surface area contributed by atoms with E-state index in [1.807, 2.05) is 0 Å². The van der Waals surface area contributed by atoms with Crippen LogP contribution in [0.1, 0.15) is 51.4 Å². The number of nitrogens with two attached hydrogens (primary N) is 1. The third kappa shape index (κ3) is 3.39. The van der Waals surface area contributed by atoms with Gasteiger partial charge in [-0.15, -0.1) is 0 Å². The van der Waals surface area contributed by atoms with Gasteiger partial charge in [0.25, 0.3) is 0 Å². The van der Waals surface area contributed by atoms with Gasteiger partial charge in [-0.2, -0.15) is 11.8 Å². The largest absolute Gasteiger partial charge is 0.330 e. The zero-order chi connectivity index (χ0) is 10.5. The van der Waals surface area contributed by atoms with Crippen molar-refractivity contribution in [3.8, 4) is 0 Å². The molecule has 0 radical (unpaired) electrons. The Morgan fingerprint density at radius 1 is 0.933 bits per heavy atom. The maximum atomic E-state index is 5.86. The van der Waals surface area contributed by atoms with E-state index < -0.39 is 0 Å². The van der Waals surface area contributed by atoms with Crippen molar-refractivity contribution >= 4 is 11.8 Å². The Morgan fingerprint density at radius 3 is 2.33 bits per heavy atom. The van der Waals surface area contributed by atoms with E-state index in [0.717, 1.165) is 23.6 Å². The van der Waals surface area contributed by atoms with Gasteiger partial charge in [0.05, 0.1) is 0 Å². The average molecular weight is 227 g/mol. The van der Waals surface area contributed by atoms with Crippen LogP contribution in [-0.2, 0) is 0 Å². The molecule has 2 aliphatic carbocycles. The molecule has 15 heavy (non-hydrogen) atoms. The van der Waals surface area contributed by atoms with Crippen LogP contribution in [0, 0.1) is 11.8 Å². The number of thioether (sulfide) groups is 1. The zero-order valence-corrected chi connectivity index (χ0v) is 10.6. The molecule has 0 heterocycles. The van der Waals surface area contributed by atoms with E-state index in [-0.39, 0.29) is 0 Å². The van der Waals surface area contributed by atoms with E-state index in [9.17, 15) is 0 Å². The minimum Gasteiger partial charge on any atom is -0.330 e. The van der Waals surface area contributed by atoms with E-state index in [1.54, 1.807) is 0 Å². The van der Waals surface area contributed by atoms with E-state index in [0.29, 0.717) is 0 Å². The Bertz CT molecular complexity index is 177. The molecule has 1 nitrogen and oxygen atoms in total. The molecule has 2 aliphatic rings. The number of rotatable bonds is 4. The highest BCUT2D eigenvalue weighted by Crippen LogP contribution is 2.36. The predicted octanol–water partition coefficient (Wildman–Crippen LogP) is 3.43. The molecule has 0 spiro atoms. The van der Waals surface area contributed by atoms with Gasteiger partial charge in [-0.05, 0) is 49.8 Å². The Labute approximate surface area is 98.6 Å². The summed E-state index contributed by atoms with van der Waals surface area (Å²) >= 11 is 2.25. The molecule has 0 aromatic rings. The SMILES string of the molecule is NCC1CCCCC1SCC1CCCC1. The van der Waals surface area contributed by atoms with Crippen molar-refractivity contribution in [3.63, 3.8) is 0 Å². The van der Waals surface area contributed by atoms with Crippen LogP contribution in [0.25, 0.3) is 0 Å². The van der Waals surface area contributed by atoms with Crippen molar-refractivity contribution in [3.05, 3.63) is 0 Å². The molecule has 0 bridgehead atoms. The molecule has 2 saturated carbocycles. The summed E-state index contributed by atoms with van der Waals surface area (Å²) in [6.07, 6.45) is 11.6. The quantitative estimate of drug-likeness (QED) is 0.796. The van der Waals surface area contributed by atoms with E-state index in [1.165, 1.54) is 57.1 Å². The molecule has 2 rings (SSSR count). The Morgan fingerprint density at radius 2 is 1.60 bits per heavy atom. The molecule has 2 atom stereocenters. The number of hydrogen-bond acceptors (Lipinski definition) is 2. The van der Waals surface area contributed by atoms with Crippen LogP contribution in [0.4, 0.5) is 0 Å². The third-order valence-electron chi connectivity index (χ3n) is 4.16. The highest BCUT2D eigenvalue weighted by molar-refractivity contribution is 7.99. The molecule has 0 amide bonds. The van der Waals surface area contributed by atoms with Crippen molar-refractivity contribution in [1.82, 2.24) is 0 Å². The highest BCUT2D eigenvalue weighted by atomic mass is 32.2. The van der Waals surface area contributed by atoms with Gasteiger partial charge >= 0.3 is 0 Å². The summed E-state index contributed by atoms with van der Waals surface area (Å²) in [5, 5.41) is 0.893. The molecule has 0 saturated heterocycles. The van der Waals surface area contributed by atoms with Crippen molar-refractivity contribution in [2.75, 3.05) is 12.3 Å². The fourth-order valence-electron chi connectivity index (χ4n) is 3.10. The first-order chi connectivity index (χ1) is 7.40. The van der Waals surface area contributed by atoms with E-state index in [4.69, 9.17) is 5.73 Å². The zero-order valence-electron chi connectivity index (χ0n) is 9.79. The molecule has 2 heteroatoms. The second kappa shape index (κ2) is 6.15. The first-order valence-electron chi connectivity index (χ1n) is 6.72. The lowest BCUT2D eigenvalue weighted by Gasteiger charge is -2.30. The van der Waals surface area contributed by atoms with Crippen LogP contribution in [0.3, 0.4) is 0 Å². The van der Waals surface area contributed by atoms with Gasteiger partial charge in [0.1, 0.15) is 0 Å². The van der Waals surface area contributed by atoms with Gasteiger partial charge < -0.3 is 5.73 Å². The van der Waals surface area contributed by atoms with Crippen molar-refractivity contribution in [1.29, 1.82) is 0 Å². The van der Waals surface area contributed by atoms with Crippen LogP contribution in [-0.4, -0.2) is 17.5 Å². The average Bonchev–Trinajstić information content (AvgIpc) is 2.79. The molecule has 2 unspecified atom stereocenters. The standard InChI is InChI=1S/C13H25NS/c14-9-12-7-3-4-8-13(12)15-10-11-5-1-2-6-11/h11-13H,1-10,14H2. The summed E-state index contributed by atoms with van der Waals surface area (Å²) in [5.74, 6) is 3.28. The first kappa shape index (κ1) is 11.8. The van der Waals surface area contributed by atoms with E-state index in [2.05, 4.69) is 11.8 Å². The molecule has 0 aromatic heterocycles. The Balaban J connectivity index is 1.71. The predicted molar refractivity (Wildman–Crippen MR) is 69.2 cm³/mol. The summed E-state index contributed by atoms with van der Waals surface area (Å²) in [7, 11) is 0. The molecule has 0 aliphatic heterocycles. The van der Waals surface area contributed by atoms with Crippen LogP contribution in [0.5, 0.6) is 0 Å². The first-order valence-corrected chi connectivity index (χ1v) is 7.76. The maximum Gasteiger partial charge on any atom is 0.00874 e. The molecular weight excluding hydrogens is 202 g/mol. The molecule has 0 aromatic carbocycles. The van der Waals surface area contributed by atoms with Crippen LogP contribution >= 0.6 is 11.8 Å². The maximum absolute atomic E-state index is 5.86. The van der Waals surface area contributed by atoms with Gasteiger partial charge in [-0.1, -0.05) is 25.7 Å². The van der Waals surface area contributed by atoms with Gasteiger partial charge in [0, 0.05) is 5.25 Å². The second-order valence-electron chi connectivity index (χ2n) is 5.30. The van der Waals surface area contributed by atoms with Crippen molar-refractivity contribution in [2.24, 2.45) is 17.6 Å². The number of hydrogen-bond donors (Lipinski definition) is 1. The Kier molecular flexibility index (Phi) is 4.83. The normalized spacial score (nSPS) is 33.4. The summed E-state index contributed by atoms with van der Waals surface area (Å²) in [6, 6.07) is 0. The summed E-state index contributed by atoms with van der Waals surface area (Å²) in [4.78, 5) is 0. The lowest BCUT2D eigenvalue weighted by atomic mass is 9.89. The minimum absolute atomic E-state index is 0.824. The minimum atomic E-state index is 0.824. The van der Waals surface area contributed by atoms with Crippen LogP contribution in [0.15, 0.2) is 0 Å². The highest BCUT2D eigenvalue weighted by Gasteiger charge is 2.25. The molecular formula is C13H25NS. The van der Waals surface area contributed by atoms with E-state index >= 15 is 0 Å². The van der Waals surface area contributed by atoms with Gasteiger partial charge in [-0.3, -0.25) is 0 Å². The molecule has 2 fully saturated rings. The fraction of sp³-hybridized carbons (Fsp3) is 1.00. The van der Waals surface area contributed by atoms with Crippen LogP contribution in [0.2, 0.25) is 0 Å².